The van der Waals surface area contributed by atoms with Gasteiger partial charge in [-0.3, -0.25) is 0 Å². The lowest BCUT2D eigenvalue weighted by Crippen LogP contribution is -2.46. The highest BCUT2D eigenvalue weighted by Crippen LogP contribution is 2.46. The van der Waals surface area contributed by atoms with Crippen molar-refractivity contribution in [3.8, 4) is 17.0 Å². The van der Waals surface area contributed by atoms with Gasteiger partial charge >= 0.3 is 12.3 Å². The van der Waals surface area contributed by atoms with Gasteiger partial charge in [0, 0.05) is 29.1 Å². The van der Waals surface area contributed by atoms with Crippen LogP contribution >= 0.6 is 0 Å². The number of carboxylic acids is 1. The molecule has 39 heavy (non-hydrogen) atoms. The van der Waals surface area contributed by atoms with E-state index in [9.17, 15) is 22.4 Å². The SMILES string of the molecule is O=C(O)c1ccc(N2C3CC[C@H]2CC(OCc2c(-c4ccccc4OC(F)(F)F)noc2C2CC2)C3)c(F)c1. The molecule has 6 rings (SSSR count). The fraction of sp³-hybridized carbons (Fsp3) is 0.429. The maximum Gasteiger partial charge on any atom is 0.573 e. The molecule has 2 saturated heterocycles. The predicted octanol–water partition coefficient (Wildman–Crippen LogP) is 6.67. The van der Waals surface area contributed by atoms with Gasteiger partial charge in [-0.25, -0.2) is 9.18 Å². The summed E-state index contributed by atoms with van der Waals surface area (Å²) in [7, 11) is 0. The number of halogens is 4. The summed E-state index contributed by atoms with van der Waals surface area (Å²) in [6, 6.07) is 9.89. The van der Waals surface area contributed by atoms with E-state index in [0.29, 0.717) is 29.9 Å². The van der Waals surface area contributed by atoms with Crippen molar-refractivity contribution in [2.45, 2.75) is 75.6 Å². The number of hydrogen-bond donors (Lipinski definition) is 1. The molecule has 0 radical (unpaired) electrons. The summed E-state index contributed by atoms with van der Waals surface area (Å²) in [4.78, 5) is 13.2. The molecular formula is C28H26F4N2O5. The number of para-hydroxylation sites is 1. The molecule has 3 atom stereocenters. The standard InChI is InChI=1S/C28H26F4N2O5/c29-22-11-16(27(35)36)7-10-23(22)34-17-8-9-18(34)13-19(12-17)37-14-21-25(33-39-26(21)15-5-6-15)20-3-1-2-4-24(20)38-28(30,31)32/h1-4,7,10-11,15,17-19H,5-6,8-9,12-14H2,(H,35,36)/t17-,18?,19?/m0/s1. The number of anilines is 1. The van der Waals surface area contributed by atoms with Gasteiger partial charge in [0.15, 0.2) is 0 Å². The molecule has 3 aliphatic rings. The third-order valence-electron chi connectivity index (χ3n) is 7.76. The van der Waals surface area contributed by atoms with Crippen molar-refractivity contribution in [3.63, 3.8) is 0 Å². The summed E-state index contributed by atoms with van der Waals surface area (Å²) < 4.78 is 70.2. The summed E-state index contributed by atoms with van der Waals surface area (Å²) in [6.45, 7) is 0.122. The van der Waals surface area contributed by atoms with Crippen LogP contribution in [0.2, 0.25) is 0 Å². The van der Waals surface area contributed by atoms with Crippen LogP contribution in [0.25, 0.3) is 11.3 Å². The number of fused-ring (bicyclic) bond motifs is 2. The van der Waals surface area contributed by atoms with Gasteiger partial charge in [0.1, 0.15) is 23.0 Å². The van der Waals surface area contributed by atoms with Gasteiger partial charge < -0.3 is 24.0 Å². The fourth-order valence-electron chi connectivity index (χ4n) is 5.92. The van der Waals surface area contributed by atoms with E-state index in [1.807, 2.05) is 4.90 Å². The highest BCUT2D eigenvalue weighted by atomic mass is 19.4. The topological polar surface area (TPSA) is 85.0 Å². The van der Waals surface area contributed by atoms with Crippen LogP contribution in [0.3, 0.4) is 0 Å². The van der Waals surface area contributed by atoms with Crippen LogP contribution in [0.4, 0.5) is 23.2 Å². The smallest absolute Gasteiger partial charge is 0.478 e. The Kier molecular flexibility index (Phi) is 6.49. The average molecular weight is 547 g/mol. The van der Waals surface area contributed by atoms with Crippen molar-refractivity contribution in [3.05, 3.63) is 65.2 Å². The van der Waals surface area contributed by atoms with Crippen molar-refractivity contribution in [2.24, 2.45) is 0 Å². The Balaban J connectivity index is 1.20. The van der Waals surface area contributed by atoms with E-state index >= 15 is 0 Å². The quantitative estimate of drug-likeness (QED) is 0.316. The molecule has 7 nitrogen and oxygen atoms in total. The van der Waals surface area contributed by atoms with Crippen molar-refractivity contribution < 1.29 is 41.5 Å². The van der Waals surface area contributed by atoms with Gasteiger partial charge in [-0.15, -0.1) is 13.2 Å². The van der Waals surface area contributed by atoms with Gasteiger partial charge in [-0.1, -0.05) is 17.3 Å². The van der Waals surface area contributed by atoms with E-state index in [0.717, 1.165) is 31.7 Å². The Hall–Kier alpha value is -3.60. The van der Waals surface area contributed by atoms with E-state index in [1.54, 1.807) is 6.07 Å². The number of rotatable bonds is 8. The summed E-state index contributed by atoms with van der Waals surface area (Å²) in [5.74, 6) is -1.30. The maximum absolute atomic E-state index is 14.8. The molecule has 3 fully saturated rings. The third-order valence-corrected chi connectivity index (χ3v) is 7.76. The van der Waals surface area contributed by atoms with E-state index in [4.69, 9.17) is 14.4 Å². The van der Waals surface area contributed by atoms with Crippen molar-refractivity contribution in [2.75, 3.05) is 4.90 Å². The number of ether oxygens (including phenoxy) is 2. The van der Waals surface area contributed by atoms with Crippen LogP contribution in [0, 0.1) is 5.82 Å². The van der Waals surface area contributed by atoms with Gasteiger partial charge in [0.05, 0.1) is 24.0 Å². The molecule has 1 N–H and O–H groups in total. The van der Waals surface area contributed by atoms with Crippen LogP contribution in [0.15, 0.2) is 47.0 Å². The first-order valence-corrected chi connectivity index (χ1v) is 12.9. The van der Waals surface area contributed by atoms with Gasteiger partial charge in [0.25, 0.3) is 0 Å². The Bertz CT molecular complexity index is 1370. The van der Waals surface area contributed by atoms with Crippen LogP contribution in [0.5, 0.6) is 5.75 Å². The number of nitrogens with zero attached hydrogens (tertiary/aromatic N) is 2. The van der Waals surface area contributed by atoms with E-state index in [2.05, 4.69) is 9.89 Å². The lowest BCUT2D eigenvalue weighted by atomic mass is 9.98. The maximum atomic E-state index is 14.8. The Morgan fingerprint density at radius 3 is 2.44 bits per heavy atom. The molecule has 2 bridgehead atoms. The second kappa shape index (κ2) is 9.86. The summed E-state index contributed by atoms with van der Waals surface area (Å²) >= 11 is 0. The molecule has 206 valence electrons. The number of hydrogen-bond acceptors (Lipinski definition) is 6. The highest BCUT2D eigenvalue weighted by molar-refractivity contribution is 5.88. The minimum atomic E-state index is -4.85. The number of piperidine rings is 1. The van der Waals surface area contributed by atoms with Crippen LogP contribution in [0.1, 0.15) is 66.1 Å². The molecule has 11 heteroatoms. The van der Waals surface area contributed by atoms with Crippen molar-refractivity contribution in [1.82, 2.24) is 5.16 Å². The number of aromatic carboxylic acids is 1. The first-order chi connectivity index (χ1) is 18.7. The first-order valence-electron chi connectivity index (χ1n) is 12.9. The molecule has 1 aromatic heterocycles. The molecule has 0 amide bonds. The van der Waals surface area contributed by atoms with E-state index in [-0.39, 0.29) is 53.3 Å². The number of alkyl halides is 3. The second-order valence-corrected chi connectivity index (χ2v) is 10.4. The summed E-state index contributed by atoms with van der Waals surface area (Å²) in [5.41, 5.74) is 1.38. The molecule has 2 aromatic carbocycles. The van der Waals surface area contributed by atoms with Crippen LogP contribution in [-0.4, -0.2) is 40.8 Å². The minimum Gasteiger partial charge on any atom is -0.478 e. The van der Waals surface area contributed by atoms with Crippen molar-refractivity contribution in [1.29, 1.82) is 0 Å². The molecule has 2 unspecified atom stereocenters. The molecule has 1 aliphatic carbocycles. The normalized spacial score (nSPS) is 22.8. The fourth-order valence-corrected chi connectivity index (χ4v) is 5.92. The van der Waals surface area contributed by atoms with Crippen molar-refractivity contribution >= 4 is 11.7 Å². The molecular weight excluding hydrogens is 520 g/mol. The van der Waals surface area contributed by atoms with Gasteiger partial charge in [-0.05, 0) is 68.9 Å². The molecule has 3 heterocycles. The average Bonchev–Trinajstić information content (AvgIpc) is 3.59. The number of carbonyl (C=O) groups is 1. The summed E-state index contributed by atoms with van der Waals surface area (Å²) in [5, 5.41) is 13.3. The molecule has 2 aliphatic heterocycles. The zero-order valence-corrected chi connectivity index (χ0v) is 20.8. The van der Waals surface area contributed by atoms with Gasteiger partial charge in [0.2, 0.25) is 0 Å². The number of benzene rings is 2. The Labute approximate surface area is 221 Å². The number of carboxylic acid groups (broad SMARTS) is 1. The highest BCUT2D eigenvalue weighted by Gasteiger charge is 2.43. The monoisotopic (exact) mass is 546 g/mol. The largest absolute Gasteiger partial charge is 0.573 e. The van der Waals surface area contributed by atoms with Crippen LogP contribution in [-0.2, 0) is 11.3 Å². The zero-order chi connectivity index (χ0) is 27.3. The molecule has 1 saturated carbocycles. The number of aromatic nitrogens is 1. The van der Waals surface area contributed by atoms with E-state index < -0.39 is 18.1 Å². The third kappa shape index (κ3) is 5.19. The Morgan fingerprint density at radius 1 is 1.08 bits per heavy atom. The molecule has 3 aromatic rings. The first kappa shape index (κ1) is 25.7. The van der Waals surface area contributed by atoms with Crippen LogP contribution < -0.4 is 9.64 Å². The van der Waals surface area contributed by atoms with Gasteiger partial charge in [-0.2, -0.15) is 0 Å². The lowest BCUT2D eigenvalue weighted by molar-refractivity contribution is -0.274. The zero-order valence-electron chi connectivity index (χ0n) is 20.8. The minimum absolute atomic E-state index is 0.0321. The second-order valence-electron chi connectivity index (χ2n) is 10.4. The molecule has 0 spiro atoms. The predicted molar refractivity (Wildman–Crippen MR) is 131 cm³/mol. The summed E-state index contributed by atoms with van der Waals surface area (Å²) in [6.07, 6.45) is -0.160. The lowest BCUT2D eigenvalue weighted by Gasteiger charge is -2.40. The Morgan fingerprint density at radius 2 is 1.79 bits per heavy atom. The van der Waals surface area contributed by atoms with E-state index in [1.165, 1.54) is 30.3 Å².